The van der Waals surface area contributed by atoms with Gasteiger partial charge in [-0.2, -0.15) is 5.26 Å². The van der Waals surface area contributed by atoms with Crippen LogP contribution in [0.3, 0.4) is 0 Å². The first-order valence-corrected chi connectivity index (χ1v) is 3.37. The number of rotatable bonds is 1. The molecular formula is C8H9N4+. The van der Waals surface area contributed by atoms with Gasteiger partial charge >= 0.3 is 5.96 Å². The van der Waals surface area contributed by atoms with Crippen LogP contribution in [0.1, 0.15) is 5.56 Å². The summed E-state index contributed by atoms with van der Waals surface area (Å²) in [5.74, 6) is 0.116. The Morgan fingerprint density at radius 3 is 2.75 bits per heavy atom. The van der Waals surface area contributed by atoms with Gasteiger partial charge in [0, 0.05) is 0 Å². The van der Waals surface area contributed by atoms with Gasteiger partial charge in [0.05, 0.1) is 11.6 Å². The van der Waals surface area contributed by atoms with Crippen LogP contribution >= 0.6 is 0 Å². The van der Waals surface area contributed by atoms with Crippen molar-refractivity contribution in [2.24, 2.45) is 11.5 Å². The summed E-state index contributed by atoms with van der Waals surface area (Å²) in [5.41, 5.74) is 11.7. The second-order valence-electron chi connectivity index (χ2n) is 2.27. The lowest BCUT2D eigenvalue weighted by molar-refractivity contribution is -0.356. The maximum absolute atomic E-state index is 8.55. The van der Waals surface area contributed by atoms with Crippen LogP contribution in [0.4, 0.5) is 5.69 Å². The highest BCUT2D eigenvalue weighted by atomic mass is 15.0. The number of hydrogen-bond acceptors (Lipinski definition) is 1. The maximum atomic E-state index is 8.55. The number of nitrogens with one attached hydrogen (secondary N) is 1. The quantitative estimate of drug-likeness (QED) is 0.347. The molecule has 0 saturated heterocycles. The number of nitrogens with two attached hydrogens (primary N) is 2. The lowest BCUT2D eigenvalue weighted by Crippen LogP contribution is -2.72. The molecule has 12 heavy (non-hydrogen) atoms. The van der Waals surface area contributed by atoms with Crippen LogP contribution in [0.2, 0.25) is 0 Å². The molecule has 0 aliphatic carbocycles. The van der Waals surface area contributed by atoms with Crippen LogP contribution in [-0.4, -0.2) is 5.96 Å². The van der Waals surface area contributed by atoms with E-state index in [0.717, 1.165) is 0 Å². The van der Waals surface area contributed by atoms with Crippen LogP contribution in [0.25, 0.3) is 0 Å². The fourth-order valence-corrected chi connectivity index (χ4v) is 0.833. The van der Waals surface area contributed by atoms with Crippen molar-refractivity contribution in [3.8, 4) is 6.07 Å². The minimum Gasteiger partial charge on any atom is -0.291 e. The van der Waals surface area contributed by atoms with Gasteiger partial charge < -0.3 is 0 Å². The Kier molecular flexibility index (Phi) is 2.29. The van der Waals surface area contributed by atoms with Crippen molar-refractivity contribution in [2.75, 3.05) is 0 Å². The molecule has 0 aliphatic rings. The highest BCUT2D eigenvalue weighted by molar-refractivity contribution is 5.70. The van der Waals surface area contributed by atoms with Gasteiger partial charge in [-0.1, -0.05) is 6.07 Å². The Morgan fingerprint density at radius 1 is 1.42 bits per heavy atom. The first kappa shape index (κ1) is 8.08. The molecule has 0 bridgehead atoms. The first-order valence-electron chi connectivity index (χ1n) is 3.37. The van der Waals surface area contributed by atoms with E-state index in [2.05, 4.69) is 4.99 Å². The Bertz CT molecular complexity index is 344. The fraction of sp³-hybridized carbons (Fsp3) is 0. The molecule has 1 aromatic carbocycles. The Hall–Kier alpha value is -2.02. The molecule has 1 rings (SSSR count). The summed E-state index contributed by atoms with van der Waals surface area (Å²) in [5, 5.41) is 8.55. The van der Waals surface area contributed by atoms with E-state index < -0.39 is 0 Å². The highest BCUT2D eigenvalue weighted by Gasteiger charge is 1.94. The average Bonchev–Trinajstić information content (AvgIpc) is 2.03. The molecule has 0 amide bonds. The Labute approximate surface area is 70.1 Å². The lowest BCUT2D eigenvalue weighted by Gasteiger charge is -1.91. The number of nitrogens with zero attached hydrogens (tertiary/aromatic N) is 1. The zero-order chi connectivity index (χ0) is 8.97. The largest absolute Gasteiger partial charge is 0.343 e. The predicted molar refractivity (Wildman–Crippen MR) is 45.2 cm³/mol. The summed E-state index contributed by atoms with van der Waals surface area (Å²) >= 11 is 0. The van der Waals surface area contributed by atoms with Gasteiger partial charge in [-0.05, 0) is 18.2 Å². The monoisotopic (exact) mass is 161 g/mol. The molecule has 0 saturated carbocycles. The molecule has 0 heterocycles. The molecule has 0 atom stereocenters. The van der Waals surface area contributed by atoms with Gasteiger partial charge in [0.1, 0.15) is 5.69 Å². The molecule has 4 heteroatoms. The molecule has 60 valence electrons. The van der Waals surface area contributed by atoms with Crippen LogP contribution in [0, 0.1) is 11.3 Å². The van der Waals surface area contributed by atoms with Crippen molar-refractivity contribution in [3.63, 3.8) is 0 Å². The summed E-state index contributed by atoms with van der Waals surface area (Å²) in [6.07, 6.45) is 0. The summed E-state index contributed by atoms with van der Waals surface area (Å²) in [7, 11) is 0. The van der Waals surface area contributed by atoms with Gasteiger partial charge in [0.2, 0.25) is 0 Å². The highest BCUT2D eigenvalue weighted by Crippen LogP contribution is 2.02. The topological polar surface area (TPSA) is 89.8 Å². The third-order valence-electron chi connectivity index (χ3n) is 1.28. The molecule has 0 fully saturated rings. The SMILES string of the molecule is N#Cc1cccc([NH+]=C(N)N)c1. The first-order chi connectivity index (χ1) is 5.72. The van der Waals surface area contributed by atoms with Crippen molar-refractivity contribution in [2.45, 2.75) is 0 Å². The van der Waals surface area contributed by atoms with Crippen LogP contribution in [0.5, 0.6) is 0 Å². The zero-order valence-corrected chi connectivity index (χ0v) is 6.41. The van der Waals surface area contributed by atoms with E-state index in [9.17, 15) is 0 Å². The van der Waals surface area contributed by atoms with Gasteiger partial charge in [0.15, 0.2) is 0 Å². The second-order valence-corrected chi connectivity index (χ2v) is 2.27. The average molecular weight is 161 g/mol. The number of nitriles is 1. The summed E-state index contributed by atoms with van der Waals surface area (Å²) in [4.78, 5) is 2.70. The Morgan fingerprint density at radius 2 is 2.17 bits per heavy atom. The van der Waals surface area contributed by atoms with E-state index in [-0.39, 0.29) is 5.96 Å². The lowest BCUT2D eigenvalue weighted by atomic mass is 10.2. The van der Waals surface area contributed by atoms with Crippen molar-refractivity contribution in [1.82, 2.24) is 0 Å². The molecule has 0 radical (unpaired) electrons. The molecule has 0 spiro atoms. The van der Waals surface area contributed by atoms with Crippen LogP contribution in [0.15, 0.2) is 24.3 Å². The van der Waals surface area contributed by atoms with Crippen LogP contribution < -0.4 is 16.5 Å². The van der Waals surface area contributed by atoms with Gasteiger partial charge in [-0.15, -0.1) is 0 Å². The van der Waals surface area contributed by atoms with E-state index in [4.69, 9.17) is 16.7 Å². The predicted octanol–water partition coefficient (Wildman–Crippen LogP) is -1.46. The number of benzene rings is 1. The Balaban J connectivity index is 3.04. The molecule has 0 aliphatic heterocycles. The number of hydrogen-bond donors (Lipinski definition) is 3. The second kappa shape index (κ2) is 3.39. The zero-order valence-electron chi connectivity index (χ0n) is 6.41. The normalized spacial score (nSPS) is 8.58. The molecule has 0 unspecified atom stereocenters. The smallest absolute Gasteiger partial charge is 0.291 e. The minimum absolute atomic E-state index is 0.116. The molecule has 4 nitrogen and oxygen atoms in total. The number of guanidine groups is 1. The molecular weight excluding hydrogens is 152 g/mol. The molecule has 5 N–H and O–H groups in total. The van der Waals surface area contributed by atoms with E-state index in [1.807, 2.05) is 6.07 Å². The van der Waals surface area contributed by atoms with E-state index in [0.29, 0.717) is 11.3 Å². The molecule has 1 aromatic rings. The van der Waals surface area contributed by atoms with Crippen molar-refractivity contribution in [1.29, 1.82) is 5.26 Å². The summed E-state index contributed by atoms with van der Waals surface area (Å²) in [6.45, 7) is 0. The van der Waals surface area contributed by atoms with Crippen molar-refractivity contribution in [3.05, 3.63) is 29.8 Å². The van der Waals surface area contributed by atoms with Crippen molar-refractivity contribution < 1.29 is 4.99 Å². The van der Waals surface area contributed by atoms with Crippen LogP contribution in [-0.2, 0) is 0 Å². The third kappa shape index (κ3) is 1.99. The molecule has 0 aromatic heterocycles. The minimum atomic E-state index is 0.116. The van der Waals surface area contributed by atoms with Gasteiger partial charge in [-0.25, -0.2) is 4.99 Å². The third-order valence-corrected chi connectivity index (χ3v) is 1.28. The summed E-state index contributed by atoms with van der Waals surface area (Å²) < 4.78 is 0. The van der Waals surface area contributed by atoms with Gasteiger partial charge in [0.25, 0.3) is 0 Å². The van der Waals surface area contributed by atoms with Crippen molar-refractivity contribution >= 4 is 11.6 Å². The van der Waals surface area contributed by atoms with E-state index in [1.165, 1.54) is 0 Å². The standard InChI is InChI=1S/C8H8N4/c9-5-6-2-1-3-7(4-6)12-8(10)11/h1-4H,(H4,10,11,12)/p+1. The van der Waals surface area contributed by atoms with Gasteiger partial charge in [-0.3, -0.25) is 11.5 Å². The summed E-state index contributed by atoms with van der Waals surface area (Å²) in [6, 6.07) is 8.91. The fourth-order valence-electron chi connectivity index (χ4n) is 0.833. The van der Waals surface area contributed by atoms with E-state index >= 15 is 0 Å². The van der Waals surface area contributed by atoms with E-state index in [1.54, 1.807) is 24.3 Å². The maximum Gasteiger partial charge on any atom is 0.343 e.